The number of barbiturate groups is 1. The van der Waals surface area contributed by atoms with Crippen LogP contribution in [0.4, 0.5) is 10.5 Å². The van der Waals surface area contributed by atoms with E-state index in [-0.39, 0.29) is 12.2 Å². The molecule has 0 radical (unpaired) electrons. The fraction of sp³-hybridized carbons (Fsp3) is 0.174. The summed E-state index contributed by atoms with van der Waals surface area (Å²) in [5.41, 5.74) is 2.45. The number of methoxy groups -OCH3 is 1. The second-order valence-electron chi connectivity index (χ2n) is 6.83. The molecule has 0 saturated carbocycles. The van der Waals surface area contributed by atoms with Crippen molar-refractivity contribution < 1.29 is 23.9 Å². The number of carbonyl (C=O) groups is 3. The zero-order valence-corrected chi connectivity index (χ0v) is 18.7. The molecule has 31 heavy (non-hydrogen) atoms. The summed E-state index contributed by atoms with van der Waals surface area (Å²) in [5.74, 6) is 1.63. The quantitative estimate of drug-likeness (QED) is 0.398. The number of nitrogens with one attached hydrogen (secondary N) is 1. The van der Waals surface area contributed by atoms with Gasteiger partial charge in [0.25, 0.3) is 11.8 Å². The van der Waals surface area contributed by atoms with Crippen LogP contribution in [0.5, 0.6) is 11.5 Å². The molecule has 0 aromatic heterocycles. The number of ether oxygens (including phenoxy) is 2. The van der Waals surface area contributed by atoms with Crippen molar-refractivity contribution in [2.24, 2.45) is 0 Å². The maximum absolute atomic E-state index is 13.1. The largest absolute Gasteiger partial charge is 0.493 e. The van der Waals surface area contributed by atoms with Gasteiger partial charge in [0.15, 0.2) is 11.5 Å². The van der Waals surface area contributed by atoms with E-state index in [1.807, 2.05) is 19.9 Å². The van der Waals surface area contributed by atoms with Crippen LogP contribution in [0.3, 0.4) is 0 Å². The van der Waals surface area contributed by atoms with E-state index < -0.39 is 17.8 Å². The topological polar surface area (TPSA) is 84.9 Å². The lowest BCUT2D eigenvalue weighted by atomic mass is 10.0. The number of benzene rings is 2. The Kier molecular flexibility index (Phi) is 6.47. The average molecular weight is 483 g/mol. The predicted octanol–water partition coefficient (Wildman–Crippen LogP) is 3.75. The SMILES string of the molecule is C#CCOc1c(Br)cc(/C=C2\C(=O)NC(=O)N(c3cc(C)cc(C)c3)C2=O)cc1OC. The van der Waals surface area contributed by atoms with Crippen molar-refractivity contribution in [2.75, 3.05) is 18.6 Å². The van der Waals surface area contributed by atoms with Crippen molar-refractivity contribution in [1.29, 1.82) is 0 Å². The van der Waals surface area contributed by atoms with Crippen LogP contribution < -0.4 is 19.7 Å². The maximum Gasteiger partial charge on any atom is 0.335 e. The molecule has 1 aliphatic heterocycles. The molecule has 7 nitrogen and oxygen atoms in total. The lowest BCUT2D eigenvalue weighted by Gasteiger charge is -2.27. The minimum absolute atomic E-state index is 0.0449. The third kappa shape index (κ3) is 4.62. The molecule has 2 aromatic carbocycles. The minimum Gasteiger partial charge on any atom is -0.493 e. The maximum atomic E-state index is 13.1. The number of terminal acetylenes is 1. The van der Waals surface area contributed by atoms with Gasteiger partial charge in [0.05, 0.1) is 17.3 Å². The second kappa shape index (κ2) is 9.06. The summed E-state index contributed by atoms with van der Waals surface area (Å²) < 4.78 is 11.3. The number of halogens is 1. The van der Waals surface area contributed by atoms with Crippen LogP contribution in [0.15, 0.2) is 40.4 Å². The molecule has 0 aliphatic carbocycles. The highest BCUT2D eigenvalue weighted by molar-refractivity contribution is 9.10. The third-order valence-electron chi connectivity index (χ3n) is 4.43. The van der Waals surface area contributed by atoms with Crippen LogP contribution in [0.2, 0.25) is 0 Å². The van der Waals surface area contributed by atoms with Gasteiger partial charge in [-0.15, -0.1) is 6.42 Å². The fourth-order valence-electron chi connectivity index (χ4n) is 3.22. The van der Waals surface area contributed by atoms with Gasteiger partial charge in [0.1, 0.15) is 12.2 Å². The Morgan fingerprint density at radius 1 is 1.13 bits per heavy atom. The highest BCUT2D eigenvalue weighted by Crippen LogP contribution is 2.37. The minimum atomic E-state index is -0.797. The lowest BCUT2D eigenvalue weighted by Crippen LogP contribution is -2.54. The van der Waals surface area contributed by atoms with Gasteiger partial charge in [-0.25, -0.2) is 9.69 Å². The van der Waals surface area contributed by atoms with E-state index in [9.17, 15) is 14.4 Å². The monoisotopic (exact) mass is 482 g/mol. The molecule has 0 unspecified atom stereocenters. The number of rotatable bonds is 5. The number of nitrogens with zero attached hydrogens (tertiary/aromatic N) is 1. The van der Waals surface area contributed by atoms with Crippen LogP contribution in [0.1, 0.15) is 16.7 Å². The van der Waals surface area contributed by atoms with E-state index in [2.05, 4.69) is 27.2 Å². The first-order valence-electron chi connectivity index (χ1n) is 9.18. The van der Waals surface area contributed by atoms with Crippen LogP contribution in [-0.2, 0) is 9.59 Å². The number of amides is 4. The van der Waals surface area contributed by atoms with Crippen molar-refractivity contribution in [3.05, 3.63) is 57.1 Å². The Labute approximate surface area is 188 Å². The Bertz CT molecular complexity index is 1140. The molecule has 0 spiro atoms. The molecule has 1 aliphatic rings. The summed E-state index contributed by atoms with van der Waals surface area (Å²) in [4.78, 5) is 38.9. The van der Waals surface area contributed by atoms with Crippen LogP contribution in [0, 0.1) is 26.2 Å². The molecule has 3 rings (SSSR count). The Morgan fingerprint density at radius 2 is 1.81 bits per heavy atom. The molecule has 158 valence electrons. The van der Waals surface area contributed by atoms with Gasteiger partial charge in [0, 0.05) is 0 Å². The van der Waals surface area contributed by atoms with Crippen molar-refractivity contribution in [1.82, 2.24) is 5.32 Å². The first-order chi connectivity index (χ1) is 14.7. The third-order valence-corrected chi connectivity index (χ3v) is 5.02. The van der Waals surface area contributed by atoms with Gasteiger partial charge in [0.2, 0.25) is 0 Å². The molecule has 4 amide bonds. The van der Waals surface area contributed by atoms with E-state index in [0.717, 1.165) is 16.0 Å². The van der Waals surface area contributed by atoms with Gasteiger partial charge in [-0.05, 0) is 76.8 Å². The fourth-order valence-corrected chi connectivity index (χ4v) is 3.79. The molecule has 1 heterocycles. The molecule has 0 bridgehead atoms. The highest BCUT2D eigenvalue weighted by Gasteiger charge is 2.37. The lowest BCUT2D eigenvalue weighted by molar-refractivity contribution is -0.122. The van der Waals surface area contributed by atoms with Gasteiger partial charge in [-0.3, -0.25) is 14.9 Å². The molecule has 2 aromatic rings. The van der Waals surface area contributed by atoms with Gasteiger partial charge in [-0.2, -0.15) is 0 Å². The summed E-state index contributed by atoms with van der Waals surface area (Å²) in [6.07, 6.45) is 6.63. The Balaban J connectivity index is 2.04. The number of imide groups is 2. The molecule has 8 heteroatoms. The molecular weight excluding hydrogens is 464 g/mol. The Hall–Kier alpha value is -3.57. The molecule has 0 atom stereocenters. The number of hydrogen-bond donors (Lipinski definition) is 1. The molecular formula is C23H19BrN2O5. The molecule has 1 fully saturated rings. The summed E-state index contributed by atoms with van der Waals surface area (Å²) >= 11 is 3.39. The Morgan fingerprint density at radius 3 is 2.42 bits per heavy atom. The summed E-state index contributed by atoms with van der Waals surface area (Å²) in [7, 11) is 1.46. The van der Waals surface area contributed by atoms with Gasteiger partial charge >= 0.3 is 6.03 Å². The zero-order valence-electron chi connectivity index (χ0n) is 17.1. The van der Waals surface area contributed by atoms with Crippen LogP contribution >= 0.6 is 15.9 Å². The zero-order chi connectivity index (χ0) is 22.7. The van der Waals surface area contributed by atoms with E-state index in [1.54, 1.807) is 24.3 Å². The van der Waals surface area contributed by atoms with Crippen molar-refractivity contribution in [2.45, 2.75) is 13.8 Å². The number of urea groups is 1. The average Bonchev–Trinajstić information content (AvgIpc) is 2.69. The summed E-state index contributed by atoms with van der Waals surface area (Å²) in [5, 5.41) is 2.22. The standard InChI is InChI=1S/C23H19BrN2O5/c1-5-6-31-20-18(24)11-15(12-19(20)30-4)10-17-21(27)25-23(29)26(22(17)28)16-8-13(2)7-14(3)9-16/h1,7-12H,6H2,2-4H3,(H,25,27,29)/b17-10+. The van der Waals surface area contributed by atoms with Crippen LogP contribution in [-0.4, -0.2) is 31.6 Å². The number of anilines is 1. The smallest absolute Gasteiger partial charge is 0.335 e. The highest BCUT2D eigenvalue weighted by atomic mass is 79.9. The number of carbonyl (C=O) groups excluding carboxylic acids is 3. The van der Waals surface area contributed by atoms with E-state index >= 15 is 0 Å². The molecule has 1 saturated heterocycles. The van der Waals surface area contributed by atoms with Crippen molar-refractivity contribution >= 4 is 45.5 Å². The normalized spacial score (nSPS) is 15.0. The van der Waals surface area contributed by atoms with Crippen molar-refractivity contribution in [3.63, 3.8) is 0 Å². The van der Waals surface area contributed by atoms with E-state index in [4.69, 9.17) is 15.9 Å². The van der Waals surface area contributed by atoms with E-state index in [0.29, 0.717) is 27.2 Å². The summed E-state index contributed by atoms with van der Waals surface area (Å²) in [6.45, 7) is 3.76. The summed E-state index contributed by atoms with van der Waals surface area (Å²) in [6, 6.07) is 7.78. The predicted molar refractivity (Wildman–Crippen MR) is 120 cm³/mol. The number of hydrogen-bond acceptors (Lipinski definition) is 5. The first kappa shape index (κ1) is 22.1. The molecule has 1 N–H and O–H groups in total. The van der Waals surface area contributed by atoms with Gasteiger partial charge < -0.3 is 9.47 Å². The second-order valence-corrected chi connectivity index (χ2v) is 7.69. The van der Waals surface area contributed by atoms with Crippen LogP contribution in [0.25, 0.3) is 6.08 Å². The van der Waals surface area contributed by atoms with Crippen molar-refractivity contribution in [3.8, 4) is 23.8 Å². The first-order valence-corrected chi connectivity index (χ1v) is 9.98. The van der Waals surface area contributed by atoms with Gasteiger partial charge in [-0.1, -0.05) is 12.0 Å². The number of aryl methyl sites for hydroxylation is 2. The van der Waals surface area contributed by atoms with E-state index in [1.165, 1.54) is 13.2 Å².